The Kier molecular flexibility index (Phi) is 7.84. The number of ether oxygens (including phenoxy) is 3. The number of carbonyl (C=O) groups excluding carboxylic acids is 3. The summed E-state index contributed by atoms with van der Waals surface area (Å²) < 4.78 is 15.9. The van der Waals surface area contributed by atoms with Gasteiger partial charge in [0.05, 0.1) is 14.2 Å². The molecule has 0 radical (unpaired) electrons. The topological polar surface area (TPSA) is 129 Å². The van der Waals surface area contributed by atoms with Gasteiger partial charge in [0, 0.05) is 22.9 Å². The molecule has 166 valence electrons. The van der Waals surface area contributed by atoms with Crippen molar-refractivity contribution in [3.05, 3.63) is 41.5 Å². The van der Waals surface area contributed by atoms with Gasteiger partial charge in [-0.05, 0) is 36.8 Å². The molecule has 2 aromatic carbocycles. The molecular formula is C22H27N3O6. The number of hydrogen-bond acceptors (Lipinski definition) is 6. The SMILES string of the molecule is COc1cc(C(=O)Nc2cc(NC(=O)C(C)C)ccc2C)cc(OC)c1OCC(N)=O. The molecule has 0 aromatic heterocycles. The number of carbonyl (C=O) groups is 3. The zero-order valence-electron chi connectivity index (χ0n) is 18.2. The van der Waals surface area contributed by atoms with Gasteiger partial charge in [0.1, 0.15) is 0 Å². The molecule has 0 heterocycles. The number of anilines is 2. The van der Waals surface area contributed by atoms with Gasteiger partial charge in [-0.1, -0.05) is 19.9 Å². The van der Waals surface area contributed by atoms with Crippen LogP contribution >= 0.6 is 0 Å². The molecule has 0 aliphatic carbocycles. The number of benzene rings is 2. The minimum atomic E-state index is -0.661. The lowest BCUT2D eigenvalue weighted by atomic mass is 10.1. The van der Waals surface area contributed by atoms with E-state index in [1.807, 2.05) is 6.92 Å². The van der Waals surface area contributed by atoms with Gasteiger partial charge in [-0.15, -0.1) is 0 Å². The Bertz CT molecular complexity index is 962. The smallest absolute Gasteiger partial charge is 0.255 e. The molecule has 3 amide bonds. The molecule has 0 fully saturated rings. The predicted octanol–water partition coefficient (Wildman–Crippen LogP) is 2.72. The molecule has 9 heteroatoms. The van der Waals surface area contributed by atoms with Gasteiger partial charge < -0.3 is 30.6 Å². The lowest BCUT2D eigenvalue weighted by molar-refractivity contribution is -0.120. The molecule has 0 spiro atoms. The lowest BCUT2D eigenvalue weighted by Gasteiger charge is -2.16. The summed E-state index contributed by atoms with van der Waals surface area (Å²) in [5.74, 6) is -0.799. The second kappa shape index (κ2) is 10.3. The fraction of sp³-hybridized carbons (Fsp3) is 0.318. The van der Waals surface area contributed by atoms with E-state index in [1.54, 1.807) is 32.0 Å². The van der Waals surface area contributed by atoms with Crippen LogP contribution in [0.3, 0.4) is 0 Å². The van der Waals surface area contributed by atoms with Crippen molar-refractivity contribution in [1.29, 1.82) is 0 Å². The average Bonchev–Trinajstić information content (AvgIpc) is 2.73. The van der Waals surface area contributed by atoms with Gasteiger partial charge in [-0.3, -0.25) is 14.4 Å². The number of hydrogen-bond donors (Lipinski definition) is 3. The Morgan fingerprint density at radius 3 is 2.13 bits per heavy atom. The van der Waals surface area contributed by atoms with Crippen LogP contribution < -0.4 is 30.6 Å². The van der Waals surface area contributed by atoms with Gasteiger partial charge in [0.25, 0.3) is 11.8 Å². The maximum atomic E-state index is 12.9. The second-order valence-electron chi connectivity index (χ2n) is 7.09. The maximum Gasteiger partial charge on any atom is 0.255 e. The standard InChI is InChI=1S/C22H27N3O6/c1-12(2)21(27)24-15-7-6-13(3)16(10-15)25-22(28)14-8-17(29-4)20(18(9-14)30-5)31-11-19(23)26/h6-10,12H,11H2,1-5H3,(H2,23,26)(H,24,27)(H,25,28). The number of aryl methyl sites for hydroxylation is 1. The highest BCUT2D eigenvalue weighted by Gasteiger charge is 2.19. The van der Waals surface area contributed by atoms with Crippen molar-refractivity contribution >= 4 is 29.1 Å². The molecule has 0 aliphatic heterocycles. The molecule has 0 unspecified atom stereocenters. The third-order valence-corrected chi connectivity index (χ3v) is 4.36. The van der Waals surface area contributed by atoms with E-state index < -0.39 is 11.8 Å². The Morgan fingerprint density at radius 2 is 1.61 bits per heavy atom. The first-order chi connectivity index (χ1) is 14.7. The van der Waals surface area contributed by atoms with Crippen LogP contribution in [0.15, 0.2) is 30.3 Å². The quantitative estimate of drug-likeness (QED) is 0.562. The van der Waals surface area contributed by atoms with E-state index in [9.17, 15) is 14.4 Å². The summed E-state index contributed by atoms with van der Waals surface area (Å²) in [7, 11) is 2.80. The largest absolute Gasteiger partial charge is 0.493 e. The monoisotopic (exact) mass is 429 g/mol. The molecule has 4 N–H and O–H groups in total. The van der Waals surface area contributed by atoms with Crippen LogP contribution in [-0.2, 0) is 9.59 Å². The normalized spacial score (nSPS) is 10.4. The van der Waals surface area contributed by atoms with Gasteiger partial charge in [-0.25, -0.2) is 0 Å². The van der Waals surface area contributed by atoms with E-state index in [1.165, 1.54) is 26.4 Å². The Morgan fingerprint density at radius 1 is 1.00 bits per heavy atom. The lowest BCUT2D eigenvalue weighted by Crippen LogP contribution is -2.20. The average molecular weight is 429 g/mol. The number of amides is 3. The van der Waals surface area contributed by atoms with Crippen LogP contribution in [0.4, 0.5) is 11.4 Å². The third-order valence-electron chi connectivity index (χ3n) is 4.36. The maximum absolute atomic E-state index is 12.9. The molecule has 0 aliphatic rings. The summed E-state index contributed by atoms with van der Waals surface area (Å²) in [5, 5.41) is 5.63. The van der Waals surface area contributed by atoms with E-state index in [0.717, 1.165) is 5.56 Å². The summed E-state index contributed by atoms with van der Waals surface area (Å²) in [6, 6.07) is 8.18. The van der Waals surface area contributed by atoms with Crippen LogP contribution in [0.2, 0.25) is 0 Å². The zero-order valence-corrected chi connectivity index (χ0v) is 18.2. The minimum absolute atomic E-state index is 0.123. The molecule has 0 bridgehead atoms. The summed E-state index contributed by atoms with van der Waals surface area (Å²) in [5.41, 5.74) is 7.30. The third kappa shape index (κ3) is 6.11. The first-order valence-electron chi connectivity index (χ1n) is 9.56. The molecule has 0 atom stereocenters. The van der Waals surface area contributed by atoms with Crippen molar-refractivity contribution in [2.45, 2.75) is 20.8 Å². The number of nitrogens with one attached hydrogen (secondary N) is 2. The predicted molar refractivity (Wildman–Crippen MR) is 117 cm³/mol. The van der Waals surface area contributed by atoms with Crippen LogP contribution in [0.5, 0.6) is 17.2 Å². The van der Waals surface area contributed by atoms with Crippen LogP contribution in [0.1, 0.15) is 29.8 Å². The first kappa shape index (κ1) is 23.5. The Hall–Kier alpha value is -3.75. The zero-order chi connectivity index (χ0) is 23.1. The van der Waals surface area contributed by atoms with Gasteiger partial charge >= 0.3 is 0 Å². The number of nitrogens with two attached hydrogens (primary N) is 1. The molecule has 0 saturated carbocycles. The molecular weight excluding hydrogens is 402 g/mol. The van der Waals surface area contributed by atoms with Gasteiger partial charge in [0.15, 0.2) is 18.1 Å². The summed E-state index contributed by atoms with van der Waals surface area (Å²) in [6.07, 6.45) is 0. The van der Waals surface area contributed by atoms with Crippen molar-refractivity contribution in [2.75, 3.05) is 31.5 Å². The highest BCUT2D eigenvalue weighted by atomic mass is 16.5. The molecule has 31 heavy (non-hydrogen) atoms. The van der Waals surface area contributed by atoms with Crippen molar-refractivity contribution in [3.63, 3.8) is 0 Å². The fourth-order valence-electron chi connectivity index (χ4n) is 2.61. The second-order valence-corrected chi connectivity index (χ2v) is 7.09. The highest BCUT2D eigenvalue weighted by Crippen LogP contribution is 2.38. The van der Waals surface area contributed by atoms with E-state index in [4.69, 9.17) is 19.9 Å². The van der Waals surface area contributed by atoms with Crippen LogP contribution in [-0.4, -0.2) is 38.5 Å². The highest BCUT2D eigenvalue weighted by molar-refractivity contribution is 6.06. The van der Waals surface area contributed by atoms with E-state index in [2.05, 4.69) is 10.6 Å². The van der Waals surface area contributed by atoms with E-state index in [-0.39, 0.29) is 41.2 Å². The Labute approximate surface area is 180 Å². The summed E-state index contributed by atoms with van der Waals surface area (Å²) in [6.45, 7) is 5.06. The summed E-state index contributed by atoms with van der Waals surface area (Å²) in [4.78, 5) is 35.9. The Balaban J connectivity index is 2.31. The van der Waals surface area contributed by atoms with Gasteiger partial charge in [0.2, 0.25) is 11.7 Å². The molecule has 9 nitrogen and oxygen atoms in total. The molecule has 2 aromatic rings. The van der Waals surface area contributed by atoms with E-state index >= 15 is 0 Å². The van der Waals surface area contributed by atoms with Crippen molar-refractivity contribution < 1.29 is 28.6 Å². The van der Waals surface area contributed by atoms with Crippen LogP contribution in [0, 0.1) is 12.8 Å². The molecule has 2 rings (SSSR count). The number of rotatable bonds is 9. The minimum Gasteiger partial charge on any atom is -0.493 e. The van der Waals surface area contributed by atoms with Crippen LogP contribution in [0.25, 0.3) is 0 Å². The van der Waals surface area contributed by atoms with Crippen molar-refractivity contribution in [2.24, 2.45) is 11.7 Å². The molecule has 0 saturated heterocycles. The first-order valence-corrected chi connectivity index (χ1v) is 9.56. The number of methoxy groups -OCH3 is 2. The summed E-state index contributed by atoms with van der Waals surface area (Å²) >= 11 is 0. The van der Waals surface area contributed by atoms with Gasteiger partial charge in [-0.2, -0.15) is 0 Å². The van der Waals surface area contributed by atoms with E-state index in [0.29, 0.717) is 11.4 Å². The number of primary amides is 1. The van der Waals surface area contributed by atoms with Crippen molar-refractivity contribution in [3.8, 4) is 17.2 Å². The fourth-order valence-corrected chi connectivity index (χ4v) is 2.61. The van der Waals surface area contributed by atoms with Crippen molar-refractivity contribution in [1.82, 2.24) is 0 Å².